The van der Waals surface area contributed by atoms with Gasteiger partial charge in [0.1, 0.15) is 0 Å². The summed E-state index contributed by atoms with van der Waals surface area (Å²) >= 11 is 11.8. The highest BCUT2D eigenvalue weighted by molar-refractivity contribution is 6.36. The van der Waals surface area contributed by atoms with Crippen LogP contribution in [0.25, 0.3) is 10.8 Å². The Labute approximate surface area is 166 Å². The fourth-order valence-corrected chi connectivity index (χ4v) is 2.96. The summed E-state index contributed by atoms with van der Waals surface area (Å²) in [7, 11) is 0. The molecule has 3 aromatic carbocycles. The molecule has 0 aliphatic rings. The second kappa shape index (κ2) is 8.66. The minimum atomic E-state index is -0.454. The van der Waals surface area contributed by atoms with Crippen molar-refractivity contribution in [2.75, 3.05) is 6.54 Å². The number of nitrogens with zero attached hydrogens (tertiary/aromatic N) is 1. The van der Waals surface area contributed by atoms with Crippen LogP contribution in [0.2, 0.25) is 10.0 Å². The molecule has 3 rings (SSSR count). The fourth-order valence-electron chi connectivity index (χ4n) is 2.50. The maximum Gasteiger partial charge on any atom is 0.259 e. The van der Waals surface area contributed by atoms with Gasteiger partial charge in [-0.25, -0.2) is 5.43 Å². The molecule has 0 fully saturated rings. The number of carbonyl (C=O) groups is 2. The van der Waals surface area contributed by atoms with Crippen molar-refractivity contribution in [3.05, 3.63) is 81.8 Å². The van der Waals surface area contributed by atoms with Crippen LogP contribution >= 0.6 is 23.2 Å². The standard InChI is InChI=1S/C20H15Cl2N3O2/c21-15-9-8-14(18(22)10-15)11-24-25-19(26)12-23-20(27)17-7-3-5-13-4-1-2-6-16(13)17/h1-11H,12H2,(H,23,27)(H,25,26)/b24-11+. The Balaban J connectivity index is 1.57. The van der Waals surface area contributed by atoms with Gasteiger partial charge in [0, 0.05) is 16.1 Å². The molecular formula is C20H15Cl2N3O2. The lowest BCUT2D eigenvalue weighted by atomic mass is 10.0. The van der Waals surface area contributed by atoms with E-state index in [0.717, 1.165) is 10.8 Å². The van der Waals surface area contributed by atoms with E-state index in [4.69, 9.17) is 23.2 Å². The van der Waals surface area contributed by atoms with Gasteiger partial charge in [-0.1, -0.05) is 65.7 Å². The summed E-state index contributed by atoms with van der Waals surface area (Å²) in [5.41, 5.74) is 3.46. The fraction of sp³-hybridized carbons (Fsp3) is 0.0500. The van der Waals surface area contributed by atoms with Crippen molar-refractivity contribution < 1.29 is 9.59 Å². The molecule has 3 aromatic rings. The van der Waals surface area contributed by atoms with Gasteiger partial charge in [0.15, 0.2) is 0 Å². The Morgan fingerprint density at radius 1 is 1.00 bits per heavy atom. The molecule has 0 saturated carbocycles. The summed E-state index contributed by atoms with van der Waals surface area (Å²) in [4.78, 5) is 24.3. The van der Waals surface area contributed by atoms with Gasteiger partial charge in [-0.05, 0) is 29.0 Å². The summed E-state index contributed by atoms with van der Waals surface area (Å²) in [5, 5.41) is 9.14. The van der Waals surface area contributed by atoms with Crippen molar-refractivity contribution >= 4 is 52.0 Å². The second-order valence-electron chi connectivity index (χ2n) is 5.67. The smallest absolute Gasteiger partial charge is 0.259 e. The first-order valence-corrected chi connectivity index (χ1v) is 8.83. The van der Waals surface area contributed by atoms with Gasteiger partial charge < -0.3 is 5.32 Å². The third kappa shape index (κ3) is 4.84. The number of carbonyl (C=O) groups excluding carboxylic acids is 2. The molecule has 5 nitrogen and oxygen atoms in total. The van der Waals surface area contributed by atoms with Crippen LogP contribution < -0.4 is 10.7 Å². The van der Waals surface area contributed by atoms with Crippen molar-refractivity contribution in [1.29, 1.82) is 0 Å². The number of hydrogen-bond donors (Lipinski definition) is 2. The van der Waals surface area contributed by atoms with E-state index in [0.29, 0.717) is 21.2 Å². The van der Waals surface area contributed by atoms with Crippen molar-refractivity contribution in [2.45, 2.75) is 0 Å². The molecule has 0 aliphatic heterocycles. The van der Waals surface area contributed by atoms with Crippen LogP contribution in [-0.2, 0) is 4.79 Å². The molecule has 0 aliphatic carbocycles. The molecule has 0 atom stereocenters. The van der Waals surface area contributed by atoms with Crippen LogP contribution in [0.5, 0.6) is 0 Å². The van der Waals surface area contributed by atoms with Gasteiger partial charge in [0.2, 0.25) is 0 Å². The number of fused-ring (bicyclic) bond motifs is 1. The van der Waals surface area contributed by atoms with E-state index >= 15 is 0 Å². The van der Waals surface area contributed by atoms with Crippen LogP contribution in [0.4, 0.5) is 0 Å². The molecule has 0 radical (unpaired) electrons. The molecule has 136 valence electrons. The maximum atomic E-state index is 12.4. The minimum Gasteiger partial charge on any atom is -0.343 e. The zero-order valence-electron chi connectivity index (χ0n) is 14.1. The van der Waals surface area contributed by atoms with Gasteiger partial charge in [-0.2, -0.15) is 5.10 Å². The van der Waals surface area contributed by atoms with E-state index in [1.165, 1.54) is 6.21 Å². The van der Waals surface area contributed by atoms with Gasteiger partial charge in [0.05, 0.1) is 17.8 Å². The van der Waals surface area contributed by atoms with Crippen molar-refractivity contribution in [3.8, 4) is 0 Å². The molecule has 2 amide bonds. The highest BCUT2D eigenvalue weighted by atomic mass is 35.5. The Morgan fingerprint density at radius 3 is 2.59 bits per heavy atom. The highest BCUT2D eigenvalue weighted by Gasteiger charge is 2.10. The quantitative estimate of drug-likeness (QED) is 0.502. The summed E-state index contributed by atoms with van der Waals surface area (Å²) < 4.78 is 0. The van der Waals surface area contributed by atoms with Crippen molar-refractivity contribution in [3.63, 3.8) is 0 Å². The van der Waals surface area contributed by atoms with E-state index in [-0.39, 0.29) is 12.5 Å². The second-order valence-corrected chi connectivity index (χ2v) is 6.51. The summed E-state index contributed by atoms with van der Waals surface area (Å²) in [6, 6.07) is 17.9. The lowest BCUT2D eigenvalue weighted by Crippen LogP contribution is -2.35. The summed E-state index contributed by atoms with van der Waals surface area (Å²) in [5.74, 6) is -0.781. The third-order valence-corrected chi connectivity index (χ3v) is 4.36. The van der Waals surface area contributed by atoms with Crippen LogP contribution in [0.3, 0.4) is 0 Å². The average molecular weight is 400 g/mol. The highest BCUT2D eigenvalue weighted by Crippen LogP contribution is 2.19. The van der Waals surface area contributed by atoms with E-state index in [9.17, 15) is 9.59 Å². The third-order valence-electron chi connectivity index (χ3n) is 3.80. The van der Waals surface area contributed by atoms with Gasteiger partial charge >= 0.3 is 0 Å². The van der Waals surface area contributed by atoms with Crippen LogP contribution in [0, 0.1) is 0 Å². The van der Waals surface area contributed by atoms with Crippen LogP contribution in [-0.4, -0.2) is 24.6 Å². The minimum absolute atomic E-state index is 0.201. The molecular weight excluding hydrogens is 385 g/mol. The van der Waals surface area contributed by atoms with Gasteiger partial charge in [0.25, 0.3) is 11.8 Å². The predicted octanol–water partition coefficient (Wildman–Crippen LogP) is 4.03. The number of hydrogen-bond acceptors (Lipinski definition) is 3. The Kier molecular flexibility index (Phi) is 6.06. The largest absolute Gasteiger partial charge is 0.343 e. The summed E-state index contributed by atoms with van der Waals surface area (Å²) in [6.45, 7) is -0.201. The topological polar surface area (TPSA) is 70.6 Å². The SMILES string of the molecule is O=C(CNC(=O)c1cccc2ccccc12)N/N=C/c1ccc(Cl)cc1Cl. The van der Waals surface area contributed by atoms with Crippen LogP contribution in [0.15, 0.2) is 65.8 Å². The zero-order valence-corrected chi connectivity index (χ0v) is 15.6. The molecule has 0 aromatic heterocycles. The molecule has 2 N–H and O–H groups in total. The van der Waals surface area contributed by atoms with E-state index in [2.05, 4.69) is 15.8 Å². The molecule has 0 heterocycles. The molecule has 0 spiro atoms. The molecule has 0 saturated heterocycles. The first-order chi connectivity index (χ1) is 13.0. The Bertz CT molecular complexity index is 1030. The van der Waals surface area contributed by atoms with Gasteiger partial charge in [-0.3, -0.25) is 9.59 Å². The van der Waals surface area contributed by atoms with Crippen molar-refractivity contribution in [1.82, 2.24) is 10.7 Å². The summed E-state index contributed by atoms with van der Waals surface area (Å²) in [6.07, 6.45) is 1.41. The molecule has 7 heteroatoms. The Morgan fingerprint density at radius 2 is 1.78 bits per heavy atom. The molecule has 0 unspecified atom stereocenters. The first kappa shape index (κ1) is 18.9. The molecule has 27 heavy (non-hydrogen) atoms. The lowest BCUT2D eigenvalue weighted by molar-refractivity contribution is -0.120. The lowest BCUT2D eigenvalue weighted by Gasteiger charge is -2.07. The van der Waals surface area contributed by atoms with E-state index in [1.54, 1.807) is 30.3 Å². The van der Waals surface area contributed by atoms with E-state index in [1.807, 2.05) is 30.3 Å². The number of amides is 2. The predicted molar refractivity (Wildman–Crippen MR) is 108 cm³/mol. The van der Waals surface area contributed by atoms with Crippen LogP contribution in [0.1, 0.15) is 15.9 Å². The molecule has 0 bridgehead atoms. The van der Waals surface area contributed by atoms with Crippen molar-refractivity contribution in [2.24, 2.45) is 5.10 Å². The number of hydrazone groups is 1. The number of nitrogens with one attached hydrogen (secondary N) is 2. The zero-order chi connectivity index (χ0) is 19.2. The van der Waals surface area contributed by atoms with E-state index < -0.39 is 5.91 Å². The van der Waals surface area contributed by atoms with Gasteiger partial charge in [-0.15, -0.1) is 0 Å². The monoisotopic (exact) mass is 399 g/mol. The maximum absolute atomic E-state index is 12.4. The number of halogens is 2. The number of benzene rings is 3. The first-order valence-electron chi connectivity index (χ1n) is 8.07. The average Bonchev–Trinajstić information content (AvgIpc) is 2.67. The normalized spacial score (nSPS) is 10.9. The Hall–Kier alpha value is -2.89. The number of rotatable bonds is 5.